The number of nitrogens with zero attached hydrogens (tertiary/aromatic N) is 6. The van der Waals surface area contributed by atoms with Crippen molar-refractivity contribution in [1.29, 1.82) is 0 Å². The minimum Gasteiger partial charge on any atom is -0.401 e. The molecule has 0 bridgehead atoms. The van der Waals surface area contributed by atoms with Gasteiger partial charge in [0.05, 0.1) is 5.69 Å². The minimum atomic E-state index is -0.351. The highest BCUT2D eigenvalue weighted by Gasteiger charge is 2.17. The lowest BCUT2D eigenvalue weighted by Gasteiger charge is -2.02. The van der Waals surface area contributed by atoms with Crippen LogP contribution >= 0.6 is 0 Å². The van der Waals surface area contributed by atoms with E-state index in [2.05, 4.69) is 25.7 Å². The van der Waals surface area contributed by atoms with Crippen molar-refractivity contribution in [3.05, 3.63) is 29.7 Å². The van der Waals surface area contributed by atoms with Gasteiger partial charge in [0.1, 0.15) is 11.4 Å². The lowest BCUT2D eigenvalue weighted by atomic mass is 10.4. The van der Waals surface area contributed by atoms with Crippen molar-refractivity contribution in [3.63, 3.8) is 0 Å². The third kappa shape index (κ3) is 2.48. The van der Waals surface area contributed by atoms with E-state index in [1.807, 2.05) is 19.9 Å². The monoisotopic (exact) mass is 301 g/mol. The van der Waals surface area contributed by atoms with Crippen LogP contribution < -0.4 is 5.32 Å². The molecule has 0 aliphatic carbocycles. The molecule has 0 aliphatic heterocycles. The number of amides is 1. The SMILES string of the molecule is CCn1nccc1C(=O)Nc1nnc(-c2cc(C)nn2C)o1. The van der Waals surface area contributed by atoms with Gasteiger partial charge in [-0.3, -0.25) is 19.5 Å². The molecule has 0 unspecified atom stereocenters. The number of nitrogens with one attached hydrogen (secondary N) is 1. The molecule has 0 aliphatic rings. The van der Waals surface area contributed by atoms with Gasteiger partial charge in [-0.25, -0.2) is 0 Å². The minimum absolute atomic E-state index is 0.0303. The van der Waals surface area contributed by atoms with Crippen molar-refractivity contribution in [2.45, 2.75) is 20.4 Å². The number of hydrogen-bond donors (Lipinski definition) is 1. The Bertz CT molecular complexity index is 814. The van der Waals surface area contributed by atoms with Gasteiger partial charge in [0.2, 0.25) is 0 Å². The Balaban J connectivity index is 1.80. The summed E-state index contributed by atoms with van der Waals surface area (Å²) in [6, 6.07) is 3.48. The lowest BCUT2D eigenvalue weighted by Crippen LogP contribution is -2.17. The average molecular weight is 301 g/mol. The number of hydrogen-bond acceptors (Lipinski definition) is 6. The molecule has 9 nitrogen and oxygen atoms in total. The third-order valence-electron chi connectivity index (χ3n) is 3.12. The molecule has 22 heavy (non-hydrogen) atoms. The van der Waals surface area contributed by atoms with Crippen LogP contribution in [0.4, 0.5) is 6.01 Å². The van der Waals surface area contributed by atoms with Crippen molar-refractivity contribution in [2.24, 2.45) is 7.05 Å². The van der Waals surface area contributed by atoms with E-state index in [1.165, 1.54) is 0 Å². The summed E-state index contributed by atoms with van der Waals surface area (Å²) in [6.07, 6.45) is 1.57. The molecule has 0 fully saturated rings. The van der Waals surface area contributed by atoms with E-state index >= 15 is 0 Å². The first-order valence-electron chi connectivity index (χ1n) is 6.76. The number of aryl methyl sites for hydroxylation is 3. The number of aromatic nitrogens is 6. The van der Waals surface area contributed by atoms with Crippen LogP contribution in [0.25, 0.3) is 11.6 Å². The summed E-state index contributed by atoms with van der Waals surface area (Å²) in [5.41, 5.74) is 1.95. The molecule has 3 aromatic rings. The average Bonchev–Trinajstić information content (AvgIpc) is 3.18. The molecule has 3 heterocycles. The highest BCUT2D eigenvalue weighted by Crippen LogP contribution is 2.20. The van der Waals surface area contributed by atoms with Gasteiger partial charge in [0.15, 0.2) is 0 Å². The second-order valence-electron chi connectivity index (χ2n) is 4.69. The van der Waals surface area contributed by atoms with Gasteiger partial charge in [-0.05, 0) is 26.0 Å². The maximum absolute atomic E-state index is 12.2. The van der Waals surface area contributed by atoms with E-state index in [-0.39, 0.29) is 11.9 Å². The topological polar surface area (TPSA) is 104 Å². The fraction of sp³-hybridized carbons (Fsp3) is 0.308. The molecule has 0 atom stereocenters. The van der Waals surface area contributed by atoms with Crippen LogP contribution in [0.5, 0.6) is 0 Å². The highest BCUT2D eigenvalue weighted by atomic mass is 16.4. The summed E-state index contributed by atoms with van der Waals surface area (Å²) in [5.74, 6) is -0.0573. The Morgan fingerprint density at radius 3 is 2.91 bits per heavy atom. The van der Waals surface area contributed by atoms with Gasteiger partial charge in [0, 0.05) is 19.8 Å². The molecule has 9 heteroatoms. The fourth-order valence-electron chi connectivity index (χ4n) is 2.13. The number of carbonyl (C=O) groups excluding carboxylic acids is 1. The third-order valence-corrected chi connectivity index (χ3v) is 3.12. The molecule has 0 aromatic carbocycles. The summed E-state index contributed by atoms with van der Waals surface area (Å²) in [5, 5.41) is 18.6. The molecule has 0 saturated heterocycles. The molecule has 0 radical (unpaired) electrons. The van der Waals surface area contributed by atoms with E-state index < -0.39 is 0 Å². The standard InChI is InChI=1S/C13H15N7O2/c1-4-20-9(5-6-14-20)11(21)15-13-17-16-12(22-13)10-7-8(2)18-19(10)3/h5-7H,4H2,1-3H3,(H,15,17,21). The Morgan fingerprint density at radius 1 is 1.41 bits per heavy atom. The van der Waals surface area contributed by atoms with Gasteiger partial charge in [-0.15, -0.1) is 5.10 Å². The van der Waals surface area contributed by atoms with E-state index in [1.54, 1.807) is 28.7 Å². The summed E-state index contributed by atoms with van der Waals surface area (Å²) in [7, 11) is 1.78. The van der Waals surface area contributed by atoms with E-state index in [4.69, 9.17) is 4.42 Å². The second kappa shape index (κ2) is 5.43. The highest BCUT2D eigenvalue weighted by molar-refractivity contribution is 6.01. The summed E-state index contributed by atoms with van der Waals surface area (Å²) in [6.45, 7) is 4.37. The Morgan fingerprint density at radius 2 is 2.23 bits per heavy atom. The molecule has 0 saturated carbocycles. The van der Waals surface area contributed by atoms with Crippen molar-refractivity contribution in [3.8, 4) is 11.6 Å². The summed E-state index contributed by atoms with van der Waals surface area (Å²) < 4.78 is 8.68. The normalized spacial score (nSPS) is 10.9. The quantitative estimate of drug-likeness (QED) is 0.777. The van der Waals surface area contributed by atoms with Crippen LogP contribution in [0.15, 0.2) is 22.7 Å². The Kier molecular flexibility index (Phi) is 3.45. The van der Waals surface area contributed by atoms with Crippen molar-refractivity contribution in [2.75, 3.05) is 5.32 Å². The van der Waals surface area contributed by atoms with Crippen LogP contribution in [0, 0.1) is 6.92 Å². The maximum atomic E-state index is 12.2. The predicted octanol–water partition coefficient (Wildman–Crippen LogP) is 1.25. The first-order valence-corrected chi connectivity index (χ1v) is 6.76. The smallest absolute Gasteiger partial charge is 0.322 e. The Hall–Kier alpha value is -2.97. The molecular weight excluding hydrogens is 286 g/mol. The van der Waals surface area contributed by atoms with Crippen LogP contribution in [-0.2, 0) is 13.6 Å². The molecule has 0 spiro atoms. The van der Waals surface area contributed by atoms with E-state index in [0.29, 0.717) is 23.8 Å². The first-order chi connectivity index (χ1) is 10.6. The predicted molar refractivity (Wildman–Crippen MR) is 77.1 cm³/mol. The largest absolute Gasteiger partial charge is 0.401 e. The zero-order valence-corrected chi connectivity index (χ0v) is 12.4. The molecule has 1 N–H and O–H groups in total. The van der Waals surface area contributed by atoms with Gasteiger partial charge in [0.25, 0.3) is 11.8 Å². The van der Waals surface area contributed by atoms with E-state index in [9.17, 15) is 4.79 Å². The molecule has 3 aromatic heterocycles. The molecule has 1 amide bonds. The van der Waals surface area contributed by atoms with Gasteiger partial charge < -0.3 is 4.42 Å². The van der Waals surface area contributed by atoms with Gasteiger partial charge >= 0.3 is 6.01 Å². The van der Waals surface area contributed by atoms with Crippen LogP contribution in [-0.4, -0.2) is 35.7 Å². The maximum Gasteiger partial charge on any atom is 0.322 e. The van der Waals surface area contributed by atoms with Gasteiger partial charge in [-0.1, -0.05) is 5.10 Å². The van der Waals surface area contributed by atoms with Gasteiger partial charge in [-0.2, -0.15) is 10.2 Å². The summed E-state index contributed by atoms with van der Waals surface area (Å²) in [4.78, 5) is 12.2. The number of rotatable bonds is 4. The van der Waals surface area contributed by atoms with Crippen molar-refractivity contribution >= 4 is 11.9 Å². The van der Waals surface area contributed by atoms with Crippen molar-refractivity contribution in [1.82, 2.24) is 29.8 Å². The molecular formula is C13H15N7O2. The van der Waals surface area contributed by atoms with Crippen LogP contribution in [0.1, 0.15) is 23.1 Å². The lowest BCUT2D eigenvalue weighted by molar-refractivity contribution is 0.101. The number of carbonyl (C=O) groups is 1. The molecule has 114 valence electrons. The summed E-state index contributed by atoms with van der Waals surface area (Å²) >= 11 is 0. The first kappa shape index (κ1) is 14.0. The van der Waals surface area contributed by atoms with Crippen molar-refractivity contribution < 1.29 is 9.21 Å². The van der Waals surface area contributed by atoms with Crippen LogP contribution in [0.2, 0.25) is 0 Å². The van der Waals surface area contributed by atoms with Crippen LogP contribution in [0.3, 0.4) is 0 Å². The zero-order chi connectivity index (χ0) is 15.7. The zero-order valence-electron chi connectivity index (χ0n) is 12.4. The van der Waals surface area contributed by atoms with E-state index in [0.717, 1.165) is 5.69 Å². The fourth-order valence-corrected chi connectivity index (χ4v) is 2.13. The number of anilines is 1. The molecule has 3 rings (SSSR count). The Labute approximate surface area is 125 Å². The second-order valence-corrected chi connectivity index (χ2v) is 4.69.